The number of sulfonamides is 1. The van der Waals surface area contributed by atoms with E-state index in [0.717, 1.165) is 5.56 Å². The molecule has 0 amide bonds. The molecule has 0 radical (unpaired) electrons. The monoisotopic (exact) mass is 289 g/mol. The van der Waals surface area contributed by atoms with Crippen molar-refractivity contribution in [3.8, 4) is 0 Å². The van der Waals surface area contributed by atoms with E-state index in [0.29, 0.717) is 11.1 Å². The number of aryl methyl sites for hydroxylation is 3. The van der Waals surface area contributed by atoms with Crippen LogP contribution in [0, 0.1) is 20.8 Å². The first-order chi connectivity index (χ1) is 9.29. The maximum Gasteiger partial charge on any atom is 0.283 e. The van der Waals surface area contributed by atoms with Crippen LogP contribution in [0.25, 0.3) is 0 Å². The Morgan fingerprint density at radius 2 is 1.40 bits per heavy atom. The topological polar surface area (TPSA) is 63.6 Å². The molecule has 0 spiro atoms. The Hall–Kier alpha value is -2.01. The van der Waals surface area contributed by atoms with Crippen LogP contribution in [-0.2, 0) is 14.8 Å². The van der Waals surface area contributed by atoms with Gasteiger partial charge in [-0.15, -0.1) is 0 Å². The number of carbonyl (C=O) groups is 1. The molecule has 0 N–H and O–H groups in total. The lowest BCUT2D eigenvalue weighted by molar-refractivity contribution is -0.110. The van der Waals surface area contributed by atoms with Gasteiger partial charge in [-0.2, -0.15) is 12.8 Å². The van der Waals surface area contributed by atoms with Gasteiger partial charge in [-0.1, -0.05) is 17.7 Å². The standard InChI is InChI=1S/C15H15NO3S/c1-10-8-11(2)15(12(3)9-10)20(18,19)16-13-4-6-14(17)7-5-13/h4-9H,1-3H3. The van der Waals surface area contributed by atoms with Crippen molar-refractivity contribution < 1.29 is 13.2 Å². The zero-order chi connectivity index (χ0) is 14.9. The van der Waals surface area contributed by atoms with Crippen LogP contribution < -0.4 is 0 Å². The quantitative estimate of drug-likeness (QED) is 0.785. The largest absolute Gasteiger partial charge is 0.290 e. The number of nitrogens with zero attached hydrogens (tertiary/aromatic N) is 1. The Morgan fingerprint density at radius 3 is 1.90 bits per heavy atom. The summed E-state index contributed by atoms with van der Waals surface area (Å²) in [6.07, 6.45) is 5.39. The molecule has 4 nitrogen and oxygen atoms in total. The van der Waals surface area contributed by atoms with E-state index < -0.39 is 10.0 Å². The summed E-state index contributed by atoms with van der Waals surface area (Å²) in [4.78, 5) is 11.2. The van der Waals surface area contributed by atoms with Crippen molar-refractivity contribution in [3.05, 3.63) is 53.1 Å². The molecule has 5 heteroatoms. The van der Waals surface area contributed by atoms with Crippen LogP contribution in [0.2, 0.25) is 0 Å². The molecule has 0 aliphatic heterocycles. The van der Waals surface area contributed by atoms with Crippen LogP contribution in [0.4, 0.5) is 0 Å². The van der Waals surface area contributed by atoms with Gasteiger partial charge in [0.05, 0.1) is 10.6 Å². The van der Waals surface area contributed by atoms with E-state index in [4.69, 9.17) is 0 Å². The lowest BCUT2D eigenvalue weighted by atomic mass is 10.1. The Balaban J connectivity index is 2.53. The second-order valence-electron chi connectivity index (χ2n) is 4.79. The van der Waals surface area contributed by atoms with Crippen molar-refractivity contribution in [2.24, 2.45) is 4.40 Å². The fraction of sp³-hybridized carbons (Fsp3) is 0.200. The molecule has 0 unspecified atom stereocenters. The van der Waals surface area contributed by atoms with Gasteiger partial charge in [0, 0.05) is 0 Å². The first kappa shape index (κ1) is 14.4. The zero-order valence-corrected chi connectivity index (χ0v) is 12.4. The molecule has 0 saturated carbocycles. The van der Waals surface area contributed by atoms with Crippen molar-refractivity contribution >= 4 is 21.5 Å². The molecule has 0 heterocycles. The number of rotatable bonds is 2. The molecule has 20 heavy (non-hydrogen) atoms. The summed E-state index contributed by atoms with van der Waals surface area (Å²) in [5, 5.41) is 0. The number of hydrogen-bond acceptors (Lipinski definition) is 3. The predicted octanol–water partition coefficient (Wildman–Crippen LogP) is 2.44. The van der Waals surface area contributed by atoms with Crippen molar-refractivity contribution in [2.45, 2.75) is 25.7 Å². The summed E-state index contributed by atoms with van der Waals surface area (Å²) >= 11 is 0. The van der Waals surface area contributed by atoms with E-state index in [1.807, 2.05) is 19.1 Å². The molecule has 1 aromatic rings. The molecular weight excluding hydrogens is 274 g/mol. The third-order valence-electron chi connectivity index (χ3n) is 2.92. The van der Waals surface area contributed by atoms with Crippen LogP contribution in [0.3, 0.4) is 0 Å². The average Bonchev–Trinajstić information content (AvgIpc) is 2.30. The zero-order valence-electron chi connectivity index (χ0n) is 11.5. The van der Waals surface area contributed by atoms with Gasteiger partial charge in [-0.3, -0.25) is 4.79 Å². The molecule has 0 saturated heterocycles. The molecular formula is C15H15NO3S. The van der Waals surface area contributed by atoms with Gasteiger partial charge in [0.25, 0.3) is 10.0 Å². The molecule has 0 atom stereocenters. The summed E-state index contributed by atoms with van der Waals surface area (Å²) in [6.45, 7) is 5.42. The Morgan fingerprint density at radius 1 is 0.900 bits per heavy atom. The van der Waals surface area contributed by atoms with Gasteiger partial charge in [0.15, 0.2) is 5.78 Å². The van der Waals surface area contributed by atoms with Gasteiger partial charge in [0.1, 0.15) is 0 Å². The summed E-state index contributed by atoms with van der Waals surface area (Å²) < 4.78 is 28.6. The van der Waals surface area contributed by atoms with Gasteiger partial charge < -0.3 is 0 Å². The number of hydrogen-bond donors (Lipinski definition) is 0. The van der Waals surface area contributed by atoms with E-state index >= 15 is 0 Å². The molecule has 1 aromatic carbocycles. The minimum atomic E-state index is -3.78. The van der Waals surface area contributed by atoms with Crippen molar-refractivity contribution in [1.29, 1.82) is 0 Å². The molecule has 0 bridgehead atoms. The molecule has 0 fully saturated rings. The van der Waals surface area contributed by atoms with Gasteiger partial charge >= 0.3 is 0 Å². The van der Waals surface area contributed by atoms with Gasteiger partial charge in [0.2, 0.25) is 0 Å². The second kappa shape index (κ2) is 5.17. The fourth-order valence-corrected chi connectivity index (χ4v) is 3.69. The van der Waals surface area contributed by atoms with Crippen LogP contribution in [0.1, 0.15) is 16.7 Å². The van der Waals surface area contributed by atoms with Crippen LogP contribution in [0.5, 0.6) is 0 Å². The highest BCUT2D eigenvalue weighted by molar-refractivity contribution is 7.90. The third kappa shape index (κ3) is 2.93. The summed E-state index contributed by atoms with van der Waals surface area (Å²) in [5.74, 6) is -0.177. The van der Waals surface area contributed by atoms with Gasteiger partial charge in [-0.25, -0.2) is 0 Å². The number of carbonyl (C=O) groups excluding carboxylic acids is 1. The van der Waals surface area contributed by atoms with Gasteiger partial charge in [-0.05, 0) is 56.2 Å². The highest BCUT2D eigenvalue weighted by atomic mass is 32.2. The molecule has 1 aliphatic carbocycles. The van der Waals surface area contributed by atoms with Crippen LogP contribution in [-0.4, -0.2) is 19.9 Å². The molecule has 104 valence electrons. The van der Waals surface area contributed by atoms with Crippen molar-refractivity contribution in [1.82, 2.24) is 0 Å². The Kier molecular flexibility index (Phi) is 3.72. The van der Waals surface area contributed by atoms with Crippen molar-refractivity contribution in [3.63, 3.8) is 0 Å². The number of benzene rings is 1. The van der Waals surface area contributed by atoms with Crippen LogP contribution >= 0.6 is 0 Å². The normalized spacial score (nSPS) is 14.8. The van der Waals surface area contributed by atoms with E-state index in [2.05, 4.69) is 4.40 Å². The molecule has 0 aromatic heterocycles. The molecule has 1 aliphatic rings. The number of allylic oxidation sites excluding steroid dienone is 4. The summed E-state index contributed by atoms with van der Waals surface area (Å²) in [6, 6.07) is 3.63. The smallest absolute Gasteiger partial charge is 0.283 e. The van der Waals surface area contributed by atoms with E-state index in [-0.39, 0.29) is 16.4 Å². The highest BCUT2D eigenvalue weighted by Gasteiger charge is 2.19. The molecule has 2 rings (SSSR count). The minimum Gasteiger partial charge on any atom is -0.290 e. The summed E-state index contributed by atoms with van der Waals surface area (Å²) in [5.41, 5.74) is 2.61. The van der Waals surface area contributed by atoms with E-state index in [9.17, 15) is 13.2 Å². The lowest BCUT2D eigenvalue weighted by Gasteiger charge is -2.09. The average molecular weight is 289 g/mol. The minimum absolute atomic E-state index is 0.177. The highest BCUT2D eigenvalue weighted by Crippen LogP contribution is 2.24. The predicted molar refractivity (Wildman–Crippen MR) is 78.6 cm³/mol. The maximum atomic E-state index is 12.4. The van der Waals surface area contributed by atoms with Crippen molar-refractivity contribution in [2.75, 3.05) is 0 Å². The lowest BCUT2D eigenvalue weighted by Crippen LogP contribution is -2.07. The third-order valence-corrected chi connectivity index (χ3v) is 4.54. The second-order valence-corrected chi connectivity index (χ2v) is 6.33. The van der Waals surface area contributed by atoms with Crippen LogP contribution in [0.15, 0.2) is 45.7 Å². The van der Waals surface area contributed by atoms with E-state index in [1.165, 1.54) is 24.3 Å². The van der Waals surface area contributed by atoms with E-state index in [1.54, 1.807) is 13.8 Å². The maximum absolute atomic E-state index is 12.4. The fourth-order valence-electron chi connectivity index (χ4n) is 2.27. The first-order valence-electron chi connectivity index (χ1n) is 6.12. The Bertz CT molecular complexity index is 727. The SMILES string of the molecule is Cc1cc(C)c(S(=O)(=O)N=C2C=CC(=O)C=C2)c(C)c1. The Labute approximate surface area is 118 Å². The summed E-state index contributed by atoms with van der Waals surface area (Å²) in [7, 11) is -3.78. The number of ketones is 1. The first-order valence-corrected chi connectivity index (χ1v) is 7.56.